The fourth-order valence-corrected chi connectivity index (χ4v) is 2.59. The summed E-state index contributed by atoms with van der Waals surface area (Å²) in [5.41, 5.74) is 2.32. The molecule has 0 atom stereocenters. The highest BCUT2D eigenvalue weighted by atomic mass is 32.1. The molecule has 2 heterocycles. The van der Waals surface area contributed by atoms with Gasteiger partial charge in [-0.05, 0) is 42.4 Å². The fourth-order valence-electron chi connectivity index (χ4n) is 2.30. The Labute approximate surface area is 128 Å². The van der Waals surface area contributed by atoms with E-state index in [4.69, 9.17) is 16.6 Å². The average molecular weight is 298 g/mol. The number of carbonyl (C=O) groups is 1. The van der Waals surface area contributed by atoms with Crippen LogP contribution >= 0.6 is 12.2 Å². The van der Waals surface area contributed by atoms with Crippen LogP contribution in [0.3, 0.4) is 0 Å². The molecule has 1 N–H and O–H groups in total. The molecule has 3 rings (SSSR count). The Morgan fingerprint density at radius 2 is 2.10 bits per heavy atom. The molecule has 0 aliphatic carbocycles. The standard InChI is InChI=1S/C16H14N2O2S/c1-2-11-6-3-4-8-14(11)18-15(19)13(17-16(18)21)10-12-7-5-9-20-12/h3-10H,2H2,1H3,(H,17,21)/b13-10+. The number of para-hydroxylation sites is 1. The van der Waals surface area contributed by atoms with Crippen LogP contribution < -0.4 is 10.2 Å². The van der Waals surface area contributed by atoms with Crippen LogP contribution in [0.25, 0.3) is 6.08 Å². The second kappa shape index (κ2) is 5.54. The van der Waals surface area contributed by atoms with Crippen molar-refractivity contribution in [2.45, 2.75) is 13.3 Å². The first-order valence-electron chi connectivity index (χ1n) is 6.69. The largest absolute Gasteiger partial charge is 0.465 e. The van der Waals surface area contributed by atoms with E-state index in [2.05, 4.69) is 12.2 Å². The van der Waals surface area contributed by atoms with Gasteiger partial charge in [-0.3, -0.25) is 9.69 Å². The predicted molar refractivity (Wildman–Crippen MR) is 85.7 cm³/mol. The molecule has 4 nitrogen and oxygen atoms in total. The van der Waals surface area contributed by atoms with Crippen LogP contribution in [0.1, 0.15) is 18.2 Å². The van der Waals surface area contributed by atoms with Gasteiger partial charge in [-0.15, -0.1) is 0 Å². The first-order valence-corrected chi connectivity index (χ1v) is 7.10. The summed E-state index contributed by atoms with van der Waals surface area (Å²) >= 11 is 5.30. The molecule has 0 spiro atoms. The maximum atomic E-state index is 12.6. The Bertz CT molecular complexity index is 720. The lowest BCUT2D eigenvalue weighted by atomic mass is 10.1. The Morgan fingerprint density at radius 1 is 1.29 bits per heavy atom. The zero-order valence-corrected chi connectivity index (χ0v) is 12.3. The third-order valence-corrected chi connectivity index (χ3v) is 3.61. The molecule has 2 aromatic rings. The molecule has 1 fully saturated rings. The number of nitrogens with one attached hydrogen (secondary N) is 1. The first kappa shape index (κ1) is 13.6. The molecule has 1 aliphatic rings. The molecule has 21 heavy (non-hydrogen) atoms. The third kappa shape index (κ3) is 2.48. The number of thiocarbonyl (C=S) groups is 1. The summed E-state index contributed by atoms with van der Waals surface area (Å²) in [5, 5.41) is 3.34. The summed E-state index contributed by atoms with van der Waals surface area (Å²) in [7, 11) is 0. The maximum Gasteiger partial charge on any atom is 0.281 e. The van der Waals surface area contributed by atoms with Crippen LogP contribution in [-0.4, -0.2) is 11.0 Å². The second-order valence-electron chi connectivity index (χ2n) is 4.63. The molecule has 0 radical (unpaired) electrons. The van der Waals surface area contributed by atoms with Gasteiger partial charge in [0.05, 0.1) is 12.0 Å². The zero-order chi connectivity index (χ0) is 14.8. The van der Waals surface area contributed by atoms with Crippen LogP contribution in [0.2, 0.25) is 0 Å². The lowest BCUT2D eigenvalue weighted by Crippen LogP contribution is -2.31. The van der Waals surface area contributed by atoms with Crippen molar-refractivity contribution in [3.05, 3.63) is 59.7 Å². The molecule has 1 aromatic carbocycles. The van der Waals surface area contributed by atoms with Crippen LogP contribution in [0.5, 0.6) is 0 Å². The SMILES string of the molecule is CCc1ccccc1N1C(=O)/C(=C\c2ccco2)NC1=S. The van der Waals surface area contributed by atoms with E-state index < -0.39 is 0 Å². The molecule has 106 valence electrons. The van der Waals surface area contributed by atoms with Gasteiger partial charge in [0.15, 0.2) is 5.11 Å². The van der Waals surface area contributed by atoms with Crippen LogP contribution in [0.15, 0.2) is 52.8 Å². The normalized spacial score (nSPS) is 16.6. The number of rotatable bonds is 3. The number of aryl methyl sites for hydroxylation is 1. The summed E-state index contributed by atoms with van der Waals surface area (Å²) < 4.78 is 5.23. The van der Waals surface area contributed by atoms with E-state index in [9.17, 15) is 4.79 Å². The predicted octanol–water partition coefficient (Wildman–Crippen LogP) is 3.10. The van der Waals surface area contributed by atoms with E-state index in [1.165, 1.54) is 4.90 Å². The van der Waals surface area contributed by atoms with E-state index in [1.807, 2.05) is 24.3 Å². The van der Waals surface area contributed by atoms with E-state index in [-0.39, 0.29) is 5.91 Å². The van der Waals surface area contributed by atoms with Crippen LogP contribution in [0.4, 0.5) is 5.69 Å². The van der Waals surface area contributed by atoms with E-state index in [1.54, 1.807) is 24.5 Å². The lowest BCUT2D eigenvalue weighted by molar-refractivity contribution is -0.113. The number of furan rings is 1. The van der Waals surface area contributed by atoms with Gasteiger partial charge in [-0.1, -0.05) is 25.1 Å². The van der Waals surface area contributed by atoms with Gasteiger partial charge in [-0.2, -0.15) is 0 Å². The number of hydrogen-bond acceptors (Lipinski definition) is 3. The van der Waals surface area contributed by atoms with Crippen molar-refractivity contribution in [3.63, 3.8) is 0 Å². The van der Waals surface area contributed by atoms with E-state index in [0.717, 1.165) is 17.7 Å². The number of anilines is 1. The zero-order valence-electron chi connectivity index (χ0n) is 11.5. The van der Waals surface area contributed by atoms with Gasteiger partial charge in [-0.25, -0.2) is 0 Å². The summed E-state index contributed by atoms with van der Waals surface area (Å²) in [6, 6.07) is 11.3. The van der Waals surface area contributed by atoms with Crippen LogP contribution in [-0.2, 0) is 11.2 Å². The fraction of sp³-hybridized carbons (Fsp3) is 0.125. The second-order valence-corrected chi connectivity index (χ2v) is 5.01. The smallest absolute Gasteiger partial charge is 0.281 e. The minimum Gasteiger partial charge on any atom is -0.465 e. The van der Waals surface area contributed by atoms with Gasteiger partial charge in [0, 0.05) is 6.08 Å². The minimum atomic E-state index is -0.169. The Kier molecular flexibility index (Phi) is 3.58. The monoisotopic (exact) mass is 298 g/mol. The van der Waals surface area contributed by atoms with Crippen molar-refractivity contribution in [2.75, 3.05) is 4.90 Å². The van der Waals surface area contributed by atoms with Crippen molar-refractivity contribution in [2.24, 2.45) is 0 Å². The average Bonchev–Trinajstić information content (AvgIpc) is 3.09. The summed E-state index contributed by atoms with van der Waals surface area (Å²) in [5.74, 6) is 0.441. The van der Waals surface area contributed by atoms with Gasteiger partial charge < -0.3 is 9.73 Å². The Balaban J connectivity index is 1.98. The third-order valence-electron chi connectivity index (χ3n) is 3.32. The van der Waals surface area contributed by atoms with Crippen molar-refractivity contribution >= 4 is 35.0 Å². The molecule has 1 aliphatic heterocycles. The highest BCUT2D eigenvalue weighted by molar-refractivity contribution is 7.80. The molecule has 1 aromatic heterocycles. The van der Waals surface area contributed by atoms with Crippen LogP contribution in [0, 0.1) is 0 Å². The number of amides is 1. The minimum absolute atomic E-state index is 0.169. The van der Waals surface area contributed by atoms with Gasteiger partial charge >= 0.3 is 0 Å². The van der Waals surface area contributed by atoms with Crippen molar-refractivity contribution < 1.29 is 9.21 Å². The van der Waals surface area contributed by atoms with Crippen molar-refractivity contribution in [3.8, 4) is 0 Å². The van der Waals surface area contributed by atoms with E-state index >= 15 is 0 Å². The quantitative estimate of drug-likeness (QED) is 0.698. The summed E-state index contributed by atoms with van der Waals surface area (Å²) in [4.78, 5) is 14.1. The lowest BCUT2D eigenvalue weighted by Gasteiger charge is -2.17. The van der Waals surface area contributed by atoms with Gasteiger partial charge in [0.2, 0.25) is 0 Å². The number of benzene rings is 1. The highest BCUT2D eigenvalue weighted by Crippen LogP contribution is 2.26. The number of hydrogen-bond donors (Lipinski definition) is 1. The van der Waals surface area contributed by atoms with Crippen molar-refractivity contribution in [1.82, 2.24) is 5.32 Å². The molecule has 0 saturated carbocycles. The number of carbonyl (C=O) groups excluding carboxylic acids is 1. The molecular weight excluding hydrogens is 284 g/mol. The number of nitrogens with zero attached hydrogens (tertiary/aromatic N) is 1. The molecule has 0 bridgehead atoms. The molecule has 0 unspecified atom stereocenters. The molecule has 1 amide bonds. The van der Waals surface area contributed by atoms with E-state index in [0.29, 0.717) is 16.6 Å². The molecular formula is C16H14N2O2S. The summed E-state index contributed by atoms with van der Waals surface area (Å²) in [6.07, 6.45) is 4.05. The topological polar surface area (TPSA) is 45.5 Å². The molecule has 1 saturated heterocycles. The molecule has 5 heteroatoms. The first-order chi connectivity index (χ1) is 10.2. The Hall–Kier alpha value is -2.40. The van der Waals surface area contributed by atoms with Gasteiger partial charge in [0.1, 0.15) is 11.5 Å². The summed E-state index contributed by atoms with van der Waals surface area (Å²) in [6.45, 7) is 2.05. The van der Waals surface area contributed by atoms with Gasteiger partial charge in [0.25, 0.3) is 5.91 Å². The Morgan fingerprint density at radius 3 is 2.81 bits per heavy atom. The van der Waals surface area contributed by atoms with Crippen molar-refractivity contribution in [1.29, 1.82) is 0 Å². The maximum absolute atomic E-state index is 12.6. The highest BCUT2D eigenvalue weighted by Gasteiger charge is 2.33.